The van der Waals surface area contributed by atoms with Crippen LogP contribution in [0, 0.1) is 0 Å². The van der Waals surface area contributed by atoms with Crippen molar-refractivity contribution < 1.29 is 18.1 Å². The van der Waals surface area contributed by atoms with Gasteiger partial charge in [0.05, 0.1) is 0 Å². The summed E-state index contributed by atoms with van der Waals surface area (Å²) < 4.78 is 25.2. The van der Waals surface area contributed by atoms with Gasteiger partial charge in [-0.1, -0.05) is 0 Å². The fourth-order valence-electron chi connectivity index (χ4n) is 2.42. The van der Waals surface area contributed by atoms with Gasteiger partial charge < -0.3 is 0 Å². The predicted octanol–water partition coefficient (Wildman–Crippen LogP) is 5.46. The SMILES string of the molecule is CCCCOP1(OCCCC)(c2ccccc2)OC(C)=C(C)O1. The monoisotopic (exact) mass is 340 g/mol. The van der Waals surface area contributed by atoms with Gasteiger partial charge in [0.1, 0.15) is 0 Å². The molecular formula is C18H29O4P. The molecule has 1 aliphatic heterocycles. The van der Waals surface area contributed by atoms with E-state index in [2.05, 4.69) is 13.8 Å². The molecule has 5 heteroatoms. The summed E-state index contributed by atoms with van der Waals surface area (Å²) in [5.41, 5.74) is 0. The molecule has 130 valence electrons. The van der Waals surface area contributed by atoms with Crippen LogP contribution in [-0.2, 0) is 18.1 Å². The van der Waals surface area contributed by atoms with Crippen molar-refractivity contribution in [1.82, 2.24) is 0 Å². The van der Waals surface area contributed by atoms with Crippen molar-refractivity contribution in [2.24, 2.45) is 0 Å². The molecule has 2 rings (SSSR count). The number of unbranched alkanes of at least 4 members (excludes halogenated alkanes) is 2. The molecule has 0 spiro atoms. The first-order valence-corrected chi connectivity index (χ1v) is 10.4. The molecule has 0 aliphatic carbocycles. The summed E-state index contributed by atoms with van der Waals surface area (Å²) in [6, 6.07) is 9.85. The van der Waals surface area contributed by atoms with Crippen LogP contribution in [0.5, 0.6) is 0 Å². The summed E-state index contributed by atoms with van der Waals surface area (Å²) in [7, 11) is -3.83. The molecule has 1 aliphatic rings. The first-order valence-electron chi connectivity index (χ1n) is 8.51. The van der Waals surface area contributed by atoms with Gasteiger partial charge in [-0.25, -0.2) is 0 Å². The standard InChI is InChI=1S/C18H29O4P/c1-5-7-14-19-23(20-15-8-6-2,18-12-10-9-11-13-18)21-16(3)17(4)22-23/h9-13H,5-8,14-15H2,1-4H3. The van der Waals surface area contributed by atoms with Crippen LogP contribution in [0.4, 0.5) is 0 Å². The number of benzene rings is 1. The molecule has 0 atom stereocenters. The van der Waals surface area contributed by atoms with Gasteiger partial charge in [0, 0.05) is 0 Å². The molecule has 0 amide bonds. The molecule has 4 nitrogen and oxygen atoms in total. The zero-order valence-electron chi connectivity index (χ0n) is 14.7. The van der Waals surface area contributed by atoms with Gasteiger partial charge in [0.2, 0.25) is 0 Å². The zero-order chi connectivity index (χ0) is 16.8. The maximum atomic E-state index is 6.31. The number of rotatable bonds is 9. The van der Waals surface area contributed by atoms with Crippen LogP contribution in [0.2, 0.25) is 0 Å². The quantitative estimate of drug-likeness (QED) is 0.442. The second-order valence-electron chi connectivity index (χ2n) is 5.82. The summed E-state index contributed by atoms with van der Waals surface area (Å²) in [6.45, 7) is 9.17. The van der Waals surface area contributed by atoms with E-state index in [0.29, 0.717) is 13.2 Å². The minimum atomic E-state index is -3.83. The van der Waals surface area contributed by atoms with E-state index < -0.39 is 7.51 Å². The van der Waals surface area contributed by atoms with Crippen molar-refractivity contribution in [2.75, 3.05) is 13.2 Å². The van der Waals surface area contributed by atoms with E-state index in [1.54, 1.807) is 0 Å². The number of hydrogen-bond donors (Lipinski definition) is 0. The van der Waals surface area contributed by atoms with Gasteiger partial charge in [0.15, 0.2) is 0 Å². The van der Waals surface area contributed by atoms with Crippen LogP contribution in [0.1, 0.15) is 53.4 Å². The third kappa shape index (κ3) is 3.71. The van der Waals surface area contributed by atoms with Crippen molar-refractivity contribution >= 4 is 12.8 Å². The van der Waals surface area contributed by atoms with Gasteiger partial charge in [-0.3, -0.25) is 0 Å². The molecule has 1 heterocycles. The summed E-state index contributed by atoms with van der Waals surface area (Å²) in [4.78, 5) is 0. The van der Waals surface area contributed by atoms with Crippen molar-refractivity contribution in [3.63, 3.8) is 0 Å². The maximum absolute atomic E-state index is 6.31. The number of allylic oxidation sites excluding steroid dienone is 2. The van der Waals surface area contributed by atoms with Gasteiger partial charge >= 0.3 is 139 Å². The van der Waals surface area contributed by atoms with Crippen LogP contribution in [-0.4, -0.2) is 13.2 Å². The molecule has 0 N–H and O–H groups in total. The average Bonchev–Trinajstić information content (AvgIpc) is 2.82. The second-order valence-corrected chi connectivity index (χ2v) is 8.84. The molecule has 0 unspecified atom stereocenters. The third-order valence-corrected chi connectivity index (χ3v) is 7.46. The third-order valence-electron chi connectivity index (χ3n) is 3.89. The van der Waals surface area contributed by atoms with E-state index in [0.717, 1.165) is 42.5 Å². The predicted molar refractivity (Wildman–Crippen MR) is 95.3 cm³/mol. The Morgan fingerprint density at radius 1 is 0.826 bits per heavy atom. The van der Waals surface area contributed by atoms with E-state index in [4.69, 9.17) is 18.1 Å². The van der Waals surface area contributed by atoms with E-state index in [-0.39, 0.29) is 0 Å². The molecule has 1 aromatic carbocycles. The van der Waals surface area contributed by atoms with Crippen molar-refractivity contribution in [1.29, 1.82) is 0 Å². The molecule has 1 aromatic rings. The van der Waals surface area contributed by atoms with Crippen molar-refractivity contribution in [3.8, 4) is 0 Å². The molecule has 0 radical (unpaired) electrons. The van der Waals surface area contributed by atoms with Gasteiger partial charge in [0.25, 0.3) is 0 Å². The van der Waals surface area contributed by atoms with E-state index >= 15 is 0 Å². The van der Waals surface area contributed by atoms with Gasteiger partial charge in [-0.2, -0.15) is 0 Å². The molecule has 0 saturated heterocycles. The summed E-state index contributed by atoms with van der Waals surface area (Å²) in [5.74, 6) is 1.47. The minimum absolute atomic E-state index is 0.551. The molecular weight excluding hydrogens is 311 g/mol. The summed E-state index contributed by atoms with van der Waals surface area (Å²) in [6.07, 6.45) is 3.96. The van der Waals surface area contributed by atoms with Crippen LogP contribution in [0.25, 0.3) is 0 Å². The van der Waals surface area contributed by atoms with E-state index in [1.165, 1.54) is 0 Å². The Morgan fingerprint density at radius 3 is 1.74 bits per heavy atom. The topological polar surface area (TPSA) is 36.9 Å². The van der Waals surface area contributed by atoms with Crippen LogP contribution in [0.3, 0.4) is 0 Å². The fourth-order valence-corrected chi connectivity index (χ4v) is 6.00. The van der Waals surface area contributed by atoms with Crippen LogP contribution < -0.4 is 5.30 Å². The normalized spacial score (nSPS) is 20.4. The van der Waals surface area contributed by atoms with Gasteiger partial charge in [-0.15, -0.1) is 0 Å². The Morgan fingerprint density at radius 2 is 1.30 bits per heavy atom. The Balaban J connectivity index is 2.41. The average molecular weight is 340 g/mol. The van der Waals surface area contributed by atoms with Crippen LogP contribution in [0.15, 0.2) is 41.9 Å². The summed E-state index contributed by atoms with van der Waals surface area (Å²) in [5, 5.41) is 0.849. The Labute approximate surface area is 140 Å². The molecule has 0 bridgehead atoms. The van der Waals surface area contributed by atoms with Crippen molar-refractivity contribution in [2.45, 2.75) is 53.4 Å². The molecule has 23 heavy (non-hydrogen) atoms. The van der Waals surface area contributed by atoms with E-state index in [9.17, 15) is 0 Å². The Kier molecular flexibility index (Phi) is 6.07. The first-order chi connectivity index (χ1) is 11.1. The first kappa shape index (κ1) is 18.3. The Bertz CT molecular complexity index is 513. The molecule has 0 saturated carbocycles. The second kappa shape index (κ2) is 7.65. The van der Waals surface area contributed by atoms with Crippen molar-refractivity contribution in [3.05, 3.63) is 41.9 Å². The fraction of sp³-hybridized carbons (Fsp3) is 0.556. The molecule has 0 aromatic heterocycles. The zero-order valence-corrected chi connectivity index (χ0v) is 15.6. The number of hydrogen-bond acceptors (Lipinski definition) is 4. The van der Waals surface area contributed by atoms with Crippen LogP contribution >= 0.6 is 7.51 Å². The Hall–Kier alpha value is -1.09. The van der Waals surface area contributed by atoms with Gasteiger partial charge in [-0.05, 0) is 0 Å². The van der Waals surface area contributed by atoms with E-state index in [1.807, 2.05) is 44.2 Å². The molecule has 0 fully saturated rings. The summed E-state index contributed by atoms with van der Waals surface area (Å²) >= 11 is 0.